The molecule has 7 nitrogen and oxygen atoms in total. The highest BCUT2D eigenvalue weighted by Crippen LogP contribution is 2.23. The molecule has 116 valence electrons. The van der Waals surface area contributed by atoms with Crippen molar-refractivity contribution in [1.82, 2.24) is 14.3 Å². The van der Waals surface area contributed by atoms with E-state index in [1.54, 1.807) is 0 Å². The maximum absolute atomic E-state index is 12.2. The van der Waals surface area contributed by atoms with Crippen LogP contribution in [0.4, 0.5) is 9.93 Å². The Morgan fingerprint density at radius 1 is 1.43 bits per heavy atom. The molecule has 0 radical (unpaired) electrons. The molecule has 21 heavy (non-hydrogen) atoms. The number of amides is 2. The second-order valence-electron chi connectivity index (χ2n) is 6.23. The minimum atomic E-state index is -0.849. The summed E-state index contributed by atoms with van der Waals surface area (Å²) in [6, 6.07) is -0.308. The largest absolute Gasteiger partial charge is 0.481 e. The monoisotopic (exact) mass is 312 g/mol. The summed E-state index contributed by atoms with van der Waals surface area (Å²) in [7, 11) is 0. The molecule has 0 aromatic carbocycles. The van der Waals surface area contributed by atoms with Crippen LogP contribution in [0.25, 0.3) is 0 Å². The molecule has 1 atom stereocenters. The van der Waals surface area contributed by atoms with E-state index in [0.717, 1.165) is 11.5 Å². The maximum Gasteiger partial charge on any atom is 0.323 e. The highest BCUT2D eigenvalue weighted by molar-refractivity contribution is 7.09. The predicted molar refractivity (Wildman–Crippen MR) is 79.6 cm³/mol. The number of carbonyl (C=O) groups excluding carboxylic acids is 1. The second-order valence-corrected chi connectivity index (χ2v) is 6.98. The van der Waals surface area contributed by atoms with E-state index in [2.05, 4.69) is 14.7 Å². The van der Waals surface area contributed by atoms with Gasteiger partial charge in [-0.05, 0) is 12.8 Å². The van der Waals surface area contributed by atoms with Crippen molar-refractivity contribution >= 4 is 28.7 Å². The van der Waals surface area contributed by atoms with E-state index in [1.807, 2.05) is 20.8 Å². The lowest BCUT2D eigenvalue weighted by atomic mass is 9.96. The molecule has 2 heterocycles. The van der Waals surface area contributed by atoms with Crippen LogP contribution in [0.3, 0.4) is 0 Å². The van der Waals surface area contributed by atoms with Gasteiger partial charge in [0.2, 0.25) is 5.13 Å². The van der Waals surface area contributed by atoms with Gasteiger partial charge in [0, 0.05) is 30.0 Å². The third-order valence-corrected chi connectivity index (χ3v) is 4.00. The molecule has 0 aliphatic carbocycles. The maximum atomic E-state index is 12.2. The Morgan fingerprint density at radius 2 is 2.14 bits per heavy atom. The Bertz CT molecular complexity index is 538. The summed E-state index contributed by atoms with van der Waals surface area (Å²) in [4.78, 5) is 29.0. The number of nitrogens with zero attached hydrogens (tertiary/aromatic N) is 3. The van der Waals surface area contributed by atoms with E-state index in [4.69, 9.17) is 5.11 Å². The SMILES string of the molecule is CC(C)(C)c1nsc(NC(=O)N2CCCC(C(=O)O)C2)n1. The summed E-state index contributed by atoms with van der Waals surface area (Å²) in [5.74, 6) is -0.646. The first-order valence-electron chi connectivity index (χ1n) is 6.90. The zero-order valence-corrected chi connectivity index (χ0v) is 13.2. The molecule has 2 rings (SSSR count). The molecule has 1 saturated heterocycles. The summed E-state index contributed by atoms with van der Waals surface area (Å²) in [5, 5.41) is 12.2. The first-order valence-corrected chi connectivity index (χ1v) is 7.67. The van der Waals surface area contributed by atoms with E-state index in [0.29, 0.717) is 30.3 Å². The van der Waals surface area contributed by atoms with E-state index in [9.17, 15) is 9.59 Å². The van der Waals surface area contributed by atoms with Gasteiger partial charge >= 0.3 is 12.0 Å². The Morgan fingerprint density at radius 3 is 2.71 bits per heavy atom. The summed E-state index contributed by atoms with van der Waals surface area (Å²) < 4.78 is 4.23. The van der Waals surface area contributed by atoms with Crippen molar-refractivity contribution in [1.29, 1.82) is 0 Å². The second kappa shape index (κ2) is 5.97. The number of carbonyl (C=O) groups is 2. The van der Waals surface area contributed by atoms with Gasteiger partial charge < -0.3 is 10.0 Å². The molecule has 1 aromatic heterocycles. The Labute approximate surface area is 127 Å². The van der Waals surface area contributed by atoms with Crippen molar-refractivity contribution in [2.75, 3.05) is 18.4 Å². The minimum Gasteiger partial charge on any atom is -0.481 e. The highest BCUT2D eigenvalue weighted by Gasteiger charge is 2.29. The Hall–Kier alpha value is -1.70. The van der Waals surface area contributed by atoms with Gasteiger partial charge in [-0.15, -0.1) is 0 Å². The standard InChI is InChI=1S/C13H20N4O3S/c1-13(2,3)10-14-11(21-16-10)15-12(20)17-6-4-5-8(7-17)9(18)19/h8H,4-7H2,1-3H3,(H,18,19)(H,14,15,16,20). The van der Waals surface area contributed by atoms with Gasteiger partial charge in [0.15, 0.2) is 0 Å². The zero-order valence-electron chi connectivity index (χ0n) is 12.4. The van der Waals surface area contributed by atoms with Crippen LogP contribution in [0.5, 0.6) is 0 Å². The third kappa shape index (κ3) is 3.90. The van der Waals surface area contributed by atoms with Gasteiger partial charge in [0.1, 0.15) is 5.82 Å². The lowest BCUT2D eigenvalue weighted by molar-refractivity contribution is -0.143. The van der Waals surface area contributed by atoms with Gasteiger partial charge in [-0.25, -0.2) is 9.78 Å². The number of carboxylic acids is 1. The average Bonchev–Trinajstić information content (AvgIpc) is 2.87. The van der Waals surface area contributed by atoms with Crippen molar-refractivity contribution in [3.8, 4) is 0 Å². The number of anilines is 1. The minimum absolute atomic E-state index is 0.168. The van der Waals surface area contributed by atoms with Gasteiger partial charge in [-0.3, -0.25) is 10.1 Å². The Balaban J connectivity index is 1.98. The van der Waals surface area contributed by atoms with Crippen LogP contribution in [0, 0.1) is 5.92 Å². The van der Waals surface area contributed by atoms with Crippen LogP contribution in [-0.2, 0) is 10.2 Å². The molecule has 8 heteroatoms. The number of urea groups is 1. The fourth-order valence-corrected chi connectivity index (χ4v) is 2.86. The van der Waals surface area contributed by atoms with Gasteiger partial charge in [-0.2, -0.15) is 4.37 Å². The molecule has 2 amide bonds. The summed E-state index contributed by atoms with van der Waals surface area (Å²) in [6.45, 7) is 6.82. The smallest absolute Gasteiger partial charge is 0.323 e. The van der Waals surface area contributed by atoms with E-state index in [1.165, 1.54) is 4.90 Å². The topological polar surface area (TPSA) is 95.4 Å². The van der Waals surface area contributed by atoms with Crippen LogP contribution in [0.2, 0.25) is 0 Å². The number of nitrogens with one attached hydrogen (secondary N) is 1. The first-order chi connectivity index (χ1) is 9.77. The molecule has 1 aliphatic heterocycles. The Kier molecular flexibility index (Phi) is 4.46. The summed E-state index contributed by atoms with van der Waals surface area (Å²) in [5.41, 5.74) is -0.168. The number of aliphatic carboxylic acids is 1. The quantitative estimate of drug-likeness (QED) is 0.872. The molecule has 1 aliphatic rings. The molecule has 0 spiro atoms. The van der Waals surface area contributed by atoms with Crippen LogP contribution in [0.1, 0.15) is 39.4 Å². The predicted octanol–water partition coefficient (Wildman–Crippen LogP) is 2.16. The van der Waals surface area contributed by atoms with Gasteiger partial charge in [0.25, 0.3) is 0 Å². The molecule has 1 aromatic rings. The van der Waals surface area contributed by atoms with Crippen molar-refractivity contribution in [3.63, 3.8) is 0 Å². The first kappa shape index (κ1) is 15.7. The van der Waals surface area contributed by atoms with Crippen molar-refractivity contribution in [2.24, 2.45) is 5.92 Å². The van der Waals surface area contributed by atoms with E-state index in [-0.39, 0.29) is 18.0 Å². The number of likely N-dealkylation sites (tertiary alicyclic amines) is 1. The van der Waals surface area contributed by atoms with Crippen LogP contribution in [0.15, 0.2) is 0 Å². The molecule has 2 N–H and O–H groups in total. The zero-order chi connectivity index (χ0) is 15.6. The van der Waals surface area contributed by atoms with Gasteiger partial charge in [-0.1, -0.05) is 20.8 Å². The summed E-state index contributed by atoms with van der Waals surface area (Å²) >= 11 is 1.14. The van der Waals surface area contributed by atoms with Crippen LogP contribution in [-0.4, -0.2) is 44.5 Å². The van der Waals surface area contributed by atoms with Gasteiger partial charge in [0.05, 0.1) is 5.92 Å². The molecule has 0 saturated carbocycles. The van der Waals surface area contributed by atoms with E-state index < -0.39 is 11.9 Å². The van der Waals surface area contributed by atoms with Crippen molar-refractivity contribution < 1.29 is 14.7 Å². The fraction of sp³-hybridized carbons (Fsp3) is 0.692. The molecular formula is C13H20N4O3S. The number of rotatable bonds is 2. The van der Waals surface area contributed by atoms with Crippen molar-refractivity contribution in [2.45, 2.75) is 39.0 Å². The number of piperidine rings is 1. The molecular weight excluding hydrogens is 292 g/mol. The van der Waals surface area contributed by atoms with Crippen LogP contribution >= 0.6 is 11.5 Å². The van der Waals surface area contributed by atoms with Crippen LogP contribution < -0.4 is 5.32 Å². The lowest BCUT2D eigenvalue weighted by Gasteiger charge is -2.30. The molecule has 1 unspecified atom stereocenters. The van der Waals surface area contributed by atoms with E-state index >= 15 is 0 Å². The lowest BCUT2D eigenvalue weighted by Crippen LogP contribution is -2.44. The molecule has 0 bridgehead atoms. The summed E-state index contributed by atoms with van der Waals surface area (Å²) in [6.07, 6.45) is 1.32. The number of hydrogen-bond donors (Lipinski definition) is 2. The van der Waals surface area contributed by atoms with Crippen molar-refractivity contribution in [3.05, 3.63) is 5.82 Å². The average molecular weight is 312 g/mol. The number of aromatic nitrogens is 2. The third-order valence-electron chi connectivity index (χ3n) is 3.37. The molecule has 1 fully saturated rings. The normalized spacial score (nSPS) is 19.4. The fourth-order valence-electron chi connectivity index (χ4n) is 2.11. The highest BCUT2D eigenvalue weighted by atomic mass is 32.1. The number of carboxylic acid groups (broad SMARTS) is 1. The number of hydrogen-bond acceptors (Lipinski definition) is 5.